The number of carbonyl (C=O) groups excluding carboxylic acids is 2. The minimum atomic E-state index is -0.432. The van der Waals surface area contributed by atoms with Crippen LogP contribution in [0, 0.1) is 0 Å². The largest absolute Gasteiger partial charge is 0.465 e. The van der Waals surface area contributed by atoms with Gasteiger partial charge in [0.25, 0.3) is 5.91 Å². The molecule has 0 radical (unpaired) electrons. The van der Waals surface area contributed by atoms with Crippen LogP contribution < -0.4 is 5.32 Å². The fraction of sp³-hybridized carbons (Fsp3) is 0.111. The van der Waals surface area contributed by atoms with Crippen LogP contribution >= 0.6 is 11.3 Å². The number of carbonyl (C=O) groups is 2. The van der Waals surface area contributed by atoms with E-state index in [0.29, 0.717) is 23.4 Å². The Labute approximate surface area is 142 Å². The first-order valence-electron chi connectivity index (χ1n) is 7.26. The van der Waals surface area contributed by atoms with E-state index in [1.54, 1.807) is 35.6 Å². The van der Waals surface area contributed by atoms with Gasteiger partial charge in [-0.15, -0.1) is 11.3 Å². The summed E-state index contributed by atoms with van der Waals surface area (Å²) in [6.07, 6.45) is 0. The summed E-state index contributed by atoms with van der Waals surface area (Å²) in [5.74, 6) is 0.800. The molecule has 6 heteroatoms. The number of rotatable bonds is 5. The molecule has 5 nitrogen and oxygen atoms in total. The zero-order chi connectivity index (χ0) is 16.9. The summed E-state index contributed by atoms with van der Waals surface area (Å²) in [6, 6.07) is 14.0. The van der Waals surface area contributed by atoms with Gasteiger partial charge in [-0.2, -0.15) is 0 Å². The molecule has 3 aromatic rings. The molecular weight excluding hydrogens is 326 g/mol. The van der Waals surface area contributed by atoms with Gasteiger partial charge in [0.05, 0.1) is 24.1 Å². The molecule has 0 unspecified atom stereocenters. The molecule has 0 atom stereocenters. The van der Waals surface area contributed by atoms with Gasteiger partial charge in [0.1, 0.15) is 11.5 Å². The SMILES string of the molecule is COC(=O)c1ccc(C(=O)NCc2ccc(-c3cccs3)o2)cc1. The van der Waals surface area contributed by atoms with Gasteiger partial charge in [-0.3, -0.25) is 4.79 Å². The summed E-state index contributed by atoms with van der Waals surface area (Å²) in [5.41, 5.74) is 0.869. The van der Waals surface area contributed by atoms with Gasteiger partial charge in [-0.05, 0) is 47.8 Å². The van der Waals surface area contributed by atoms with E-state index in [-0.39, 0.29) is 5.91 Å². The Hall–Kier alpha value is -2.86. The first-order valence-corrected chi connectivity index (χ1v) is 8.14. The van der Waals surface area contributed by atoms with Crippen molar-refractivity contribution in [2.75, 3.05) is 7.11 Å². The van der Waals surface area contributed by atoms with E-state index in [9.17, 15) is 9.59 Å². The maximum Gasteiger partial charge on any atom is 0.337 e. The Morgan fingerprint density at radius 3 is 2.50 bits per heavy atom. The van der Waals surface area contributed by atoms with E-state index < -0.39 is 5.97 Å². The molecule has 0 saturated carbocycles. The molecule has 0 fully saturated rings. The van der Waals surface area contributed by atoms with Crippen molar-refractivity contribution in [2.45, 2.75) is 6.54 Å². The molecule has 0 aliphatic heterocycles. The zero-order valence-electron chi connectivity index (χ0n) is 12.9. The number of furan rings is 1. The molecule has 1 N–H and O–H groups in total. The Bertz CT molecular complexity index is 834. The molecule has 1 aromatic carbocycles. The Balaban J connectivity index is 1.60. The summed E-state index contributed by atoms with van der Waals surface area (Å²) in [4.78, 5) is 24.6. The van der Waals surface area contributed by atoms with Crippen LogP contribution in [0.25, 0.3) is 10.6 Å². The van der Waals surface area contributed by atoms with Crippen molar-refractivity contribution in [2.24, 2.45) is 0 Å². The second-order valence-corrected chi connectivity index (χ2v) is 5.94. The molecular formula is C18H15NO4S. The van der Waals surface area contributed by atoms with E-state index in [4.69, 9.17) is 4.42 Å². The predicted octanol–water partition coefficient (Wildman–Crippen LogP) is 3.72. The number of benzene rings is 1. The van der Waals surface area contributed by atoms with E-state index in [1.807, 2.05) is 29.6 Å². The van der Waals surface area contributed by atoms with Crippen LogP contribution in [0.5, 0.6) is 0 Å². The quantitative estimate of drug-likeness (QED) is 0.718. The van der Waals surface area contributed by atoms with Crippen LogP contribution in [-0.2, 0) is 11.3 Å². The predicted molar refractivity (Wildman–Crippen MR) is 91.0 cm³/mol. The fourth-order valence-corrected chi connectivity index (χ4v) is 2.86. The van der Waals surface area contributed by atoms with E-state index in [0.717, 1.165) is 10.6 Å². The summed E-state index contributed by atoms with van der Waals surface area (Å²) >= 11 is 1.60. The minimum Gasteiger partial charge on any atom is -0.465 e. The number of ether oxygens (including phenoxy) is 1. The minimum absolute atomic E-state index is 0.236. The highest BCUT2D eigenvalue weighted by atomic mass is 32.1. The van der Waals surface area contributed by atoms with Crippen molar-refractivity contribution >= 4 is 23.2 Å². The first-order chi connectivity index (χ1) is 11.7. The molecule has 0 spiro atoms. The van der Waals surface area contributed by atoms with Crippen LogP contribution in [0.15, 0.2) is 58.3 Å². The summed E-state index contributed by atoms with van der Waals surface area (Å²) in [7, 11) is 1.32. The van der Waals surface area contributed by atoms with E-state index in [2.05, 4.69) is 10.1 Å². The molecule has 122 valence electrons. The standard InChI is InChI=1S/C18H15NO4S/c1-22-18(21)13-6-4-12(5-7-13)17(20)19-11-14-8-9-15(23-14)16-3-2-10-24-16/h2-10H,11H2,1H3,(H,19,20). The van der Waals surface area contributed by atoms with E-state index in [1.165, 1.54) is 7.11 Å². The number of hydrogen-bond donors (Lipinski definition) is 1. The van der Waals surface area contributed by atoms with Crippen LogP contribution in [0.3, 0.4) is 0 Å². The van der Waals surface area contributed by atoms with Crippen LogP contribution in [0.2, 0.25) is 0 Å². The summed E-state index contributed by atoms with van der Waals surface area (Å²) < 4.78 is 10.3. The average molecular weight is 341 g/mol. The lowest BCUT2D eigenvalue weighted by Gasteiger charge is -2.04. The third-order valence-electron chi connectivity index (χ3n) is 3.42. The Morgan fingerprint density at radius 2 is 1.83 bits per heavy atom. The average Bonchev–Trinajstić information content (AvgIpc) is 3.30. The second-order valence-electron chi connectivity index (χ2n) is 4.99. The van der Waals surface area contributed by atoms with Crippen molar-refractivity contribution in [1.29, 1.82) is 0 Å². The third kappa shape index (κ3) is 3.55. The van der Waals surface area contributed by atoms with Gasteiger partial charge < -0.3 is 14.5 Å². The molecule has 0 saturated heterocycles. The molecule has 2 aromatic heterocycles. The fourth-order valence-electron chi connectivity index (χ4n) is 2.17. The second kappa shape index (κ2) is 7.14. The zero-order valence-corrected chi connectivity index (χ0v) is 13.8. The first kappa shape index (κ1) is 16.0. The molecule has 1 amide bonds. The van der Waals surface area contributed by atoms with Crippen LogP contribution in [0.1, 0.15) is 26.5 Å². The molecule has 0 aliphatic rings. The lowest BCUT2D eigenvalue weighted by molar-refractivity contribution is 0.0600. The monoisotopic (exact) mass is 341 g/mol. The normalized spacial score (nSPS) is 10.4. The van der Waals surface area contributed by atoms with Gasteiger partial charge in [0.15, 0.2) is 0 Å². The summed E-state index contributed by atoms with van der Waals surface area (Å²) in [5, 5.41) is 4.77. The topological polar surface area (TPSA) is 68.5 Å². The maximum atomic E-state index is 12.1. The van der Waals surface area contributed by atoms with Crippen LogP contribution in [0.4, 0.5) is 0 Å². The highest BCUT2D eigenvalue weighted by molar-refractivity contribution is 7.13. The molecule has 0 bridgehead atoms. The number of thiophene rings is 1. The van der Waals surface area contributed by atoms with Crippen molar-refractivity contribution < 1.29 is 18.7 Å². The smallest absolute Gasteiger partial charge is 0.337 e. The number of hydrogen-bond acceptors (Lipinski definition) is 5. The highest BCUT2D eigenvalue weighted by Crippen LogP contribution is 2.26. The van der Waals surface area contributed by atoms with Gasteiger partial charge >= 0.3 is 5.97 Å². The van der Waals surface area contributed by atoms with Crippen molar-refractivity contribution in [3.8, 4) is 10.6 Å². The molecule has 3 rings (SSSR count). The van der Waals surface area contributed by atoms with Gasteiger partial charge in [-0.25, -0.2) is 4.79 Å². The summed E-state index contributed by atoms with van der Waals surface area (Å²) in [6.45, 7) is 0.295. The van der Waals surface area contributed by atoms with Crippen molar-refractivity contribution in [3.05, 3.63) is 70.8 Å². The Morgan fingerprint density at radius 1 is 1.08 bits per heavy atom. The van der Waals surface area contributed by atoms with E-state index >= 15 is 0 Å². The molecule has 24 heavy (non-hydrogen) atoms. The lowest BCUT2D eigenvalue weighted by Crippen LogP contribution is -2.22. The van der Waals surface area contributed by atoms with Gasteiger partial charge in [-0.1, -0.05) is 6.07 Å². The van der Waals surface area contributed by atoms with Crippen molar-refractivity contribution in [3.63, 3.8) is 0 Å². The highest BCUT2D eigenvalue weighted by Gasteiger charge is 2.10. The molecule has 2 heterocycles. The van der Waals surface area contributed by atoms with Gasteiger partial charge in [0.2, 0.25) is 0 Å². The maximum absolute atomic E-state index is 12.1. The Kier molecular flexibility index (Phi) is 4.77. The van der Waals surface area contributed by atoms with Crippen LogP contribution in [-0.4, -0.2) is 19.0 Å². The van der Waals surface area contributed by atoms with Crippen molar-refractivity contribution in [1.82, 2.24) is 5.32 Å². The van der Waals surface area contributed by atoms with Gasteiger partial charge in [0, 0.05) is 5.56 Å². The third-order valence-corrected chi connectivity index (χ3v) is 4.30. The number of methoxy groups -OCH3 is 1. The number of nitrogens with one attached hydrogen (secondary N) is 1. The number of esters is 1. The molecule has 0 aliphatic carbocycles. The number of amides is 1. The lowest BCUT2D eigenvalue weighted by atomic mass is 10.1.